The van der Waals surface area contributed by atoms with Crippen LogP contribution in [0.1, 0.15) is 45.6 Å². The summed E-state index contributed by atoms with van der Waals surface area (Å²) in [5, 5.41) is 2.18. The number of methoxy groups -OCH3 is 1. The van der Waals surface area contributed by atoms with Gasteiger partial charge in [0.1, 0.15) is 11.9 Å². The van der Waals surface area contributed by atoms with Gasteiger partial charge in [-0.25, -0.2) is 4.79 Å². The van der Waals surface area contributed by atoms with Crippen molar-refractivity contribution in [3.63, 3.8) is 0 Å². The Morgan fingerprint density at radius 2 is 1.89 bits per heavy atom. The molecule has 0 unspecified atom stereocenters. The highest BCUT2D eigenvalue weighted by Gasteiger charge is 2.33. The summed E-state index contributed by atoms with van der Waals surface area (Å²) in [6.45, 7) is 7.84. The number of ether oxygens (including phenoxy) is 3. The van der Waals surface area contributed by atoms with Crippen LogP contribution in [0.25, 0.3) is 10.8 Å². The quantitative estimate of drug-likeness (QED) is 0.589. The molecule has 0 bridgehead atoms. The van der Waals surface area contributed by atoms with Gasteiger partial charge in [-0.2, -0.15) is 0 Å². The number of carbonyl (C=O) groups excluding carboxylic acids is 1. The molecule has 5 nitrogen and oxygen atoms in total. The van der Waals surface area contributed by atoms with Crippen molar-refractivity contribution in [3.8, 4) is 5.75 Å². The van der Waals surface area contributed by atoms with Gasteiger partial charge in [0.05, 0.1) is 6.61 Å². The van der Waals surface area contributed by atoms with Crippen LogP contribution in [-0.2, 0) is 16.0 Å². The molecule has 1 saturated carbocycles. The Balaban J connectivity index is 1.84. The van der Waals surface area contributed by atoms with Crippen LogP contribution >= 0.6 is 0 Å². The van der Waals surface area contributed by atoms with Gasteiger partial charge < -0.3 is 14.2 Å². The summed E-state index contributed by atoms with van der Waals surface area (Å²) in [5.41, 5.74) is 0.694. The average Bonchev–Trinajstić information content (AvgIpc) is 3.46. The van der Waals surface area contributed by atoms with Crippen LogP contribution in [-0.4, -0.2) is 43.0 Å². The maximum absolute atomic E-state index is 12.7. The van der Waals surface area contributed by atoms with Crippen LogP contribution < -0.4 is 4.74 Å². The van der Waals surface area contributed by atoms with E-state index in [1.54, 1.807) is 12.0 Å². The lowest BCUT2D eigenvalue weighted by Crippen LogP contribution is -2.45. The van der Waals surface area contributed by atoms with Gasteiger partial charge in [-0.15, -0.1) is 0 Å². The van der Waals surface area contributed by atoms with Crippen LogP contribution in [0.3, 0.4) is 0 Å². The molecular formula is C23H31NO4. The van der Waals surface area contributed by atoms with Crippen molar-refractivity contribution in [2.24, 2.45) is 0 Å². The second kappa shape index (κ2) is 8.82. The van der Waals surface area contributed by atoms with Gasteiger partial charge in [0, 0.05) is 37.6 Å². The third-order valence-corrected chi connectivity index (χ3v) is 4.80. The first-order chi connectivity index (χ1) is 13.4. The number of benzene rings is 2. The highest BCUT2D eigenvalue weighted by atomic mass is 16.6. The molecule has 0 N–H and O–H groups in total. The zero-order valence-corrected chi connectivity index (χ0v) is 17.4. The Labute approximate surface area is 167 Å². The van der Waals surface area contributed by atoms with E-state index in [1.807, 2.05) is 39.0 Å². The van der Waals surface area contributed by atoms with Gasteiger partial charge in [0.2, 0.25) is 0 Å². The second-order valence-corrected chi connectivity index (χ2v) is 8.35. The molecule has 3 rings (SSSR count). The zero-order chi connectivity index (χ0) is 20.1. The summed E-state index contributed by atoms with van der Waals surface area (Å²) in [4.78, 5) is 14.5. The molecule has 0 spiro atoms. The van der Waals surface area contributed by atoms with Crippen LogP contribution in [0.4, 0.5) is 4.79 Å². The Kier molecular flexibility index (Phi) is 6.45. The number of hydrogen-bond acceptors (Lipinski definition) is 4. The second-order valence-electron chi connectivity index (χ2n) is 8.35. The summed E-state index contributed by atoms with van der Waals surface area (Å²) in [7, 11) is 1.69. The van der Waals surface area contributed by atoms with Crippen molar-refractivity contribution in [1.29, 1.82) is 0 Å². The molecule has 1 aliphatic rings. The average molecular weight is 386 g/mol. The summed E-state index contributed by atoms with van der Waals surface area (Å²) in [6, 6.07) is 12.3. The van der Waals surface area contributed by atoms with E-state index in [4.69, 9.17) is 14.2 Å². The van der Waals surface area contributed by atoms with E-state index >= 15 is 0 Å². The van der Waals surface area contributed by atoms with Gasteiger partial charge in [-0.05, 0) is 56.7 Å². The lowest BCUT2D eigenvalue weighted by Gasteiger charge is -2.35. The summed E-state index contributed by atoms with van der Waals surface area (Å²) in [5.74, 6) is 0.841. The number of amides is 1. The largest absolute Gasteiger partial charge is 0.493 e. The van der Waals surface area contributed by atoms with Crippen LogP contribution in [0, 0.1) is 0 Å². The van der Waals surface area contributed by atoms with Crippen molar-refractivity contribution in [3.05, 3.63) is 42.0 Å². The maximum Gasteiger partial charge on any atom is 0.410 e. The van der Waals surface area contributed by atoms with Gasteiger partial charge >= 0.3 is 6.09 Å². The first-order valence-electron chi connectivity index (χ1n) is 10.00. The van der Waals surface area contributed by atoms with E-state index in [1.165, 1.54) is 0 Å². The van der Waals surface area contributed by atoms with Crippen molar-refractivity contribution >= 4 is 16.9 Å². The van der Waals surface area contributed by atoms with E-state index in [0.29, 0.717) is 19.8 Å². The minimum Gasteiger partial charge on any atom is -0.493 e. The number of carbonyl (C=O) groups is 1. The molecule has 0 saturated heterocycles. The molecule has 28 heavy (non-hydrogen) atoms. The Morgan fingerprint density at radius 3 is 2.57 bits per heavy atom. The van der Waals surface area contributed by atoms with Gasteiger partial charge in [-0.3, -0.25) is 4.90 Å². The highest BCUT2D eigenvalue weighted by Crippen LogP contribution is 2.31. The van der Waals surface area contributed by atoms with Crippen molar-refractivity contribution in [2.45, 2.75) is 58.2 Å². The molecule has 2 aromatic carbocycles. The Morgan fingerprint density at radius 1 is 1.14 bits per heavy atom. The van der Waals surface area contributed by atoms with E-state index in [0.717, 1.165) is 41.3 Å². The maximum atomic E-state index is 12.7. The van der Waals surface area contributed by atoms with E-state index in [9.17, 15) is 4.79 Å². The highest BCUT2D eigenvalue weighted by molar-refractivity contribution is 5.89. The molecule has 0 heterocycles. The first kappa shape index (κ1) is 20.5. The van der Waals surface area contributed by atoms with Gasteiger partial charge in [0.15, 0.2) is 0 Å². The lowest BCUT2D eigenvalue weighted by molar-refractivity contribution is 0.0586. The fraction of sp³-hybridized carbons (Fsp3) is 0.522. The van der Waals surface area contributed by atoms with Crippen molar-refractivity contribution < 1.29 is 19.0 Å². The molecule has 1 amide bonds. The molecule has 0 aromatic heterocycles. The zero-order valence-electron chi connectivity index (χ0n) is 17.4. The number of fused-ring (bicyclic) bond motifs is 1. The summed E-state index contributed by atoms with van der Waals surface area (Å²) in [6.07, 6.45) is 2.62. The normalized spacial score (nSPS) is 14.1. The monoisotopic (exact) mass is 385 g/mol. The molecule has 0 radical (unpaired) electrons. The first-order valence-corrected chi connectivity index (χ1v) is 10.00. The topological polar surface area (TPSA) is 48.0 Å². The lowest BCUT2D eigenvalue weighted by atomic mass is 10.0. The van der Waals surface area contributed by atoms with E-state index in [2.05, 4.69) is 18.2 Å². The standard InChI is InChI=1S/C23H31NO4/c1-23(2,3)24(22(25)28-19-10-11-19)16-17-14-18-8-5-6-9-20(18)21(15-17)27-13-7-12-26-4/h5-6,8-9,14-15,19H,7,10-13,16H2,1-4H3. The van der Waals surface area contributed by atoms with Gasteiger partial charge in [-0.1, -0.05) is 24.3 Å². The fourth-order valence-electron chi connectivity index (χ4n) is 3.08. The SMILES string of the molecule is COCCCOc1cc(CN(C(=O)OC2CC2)C(C)(C)C)cc2ccccc12. The molecule has 1 aliphatic carbocycles. The molecule has 2 aromatic rings. The third kappa shape index (κ3) is 5.38. The number of hydrogen-bond donors (Lipinski definition) is 0. The number of rotatable bonds is 8. The van der Waals surface area contributed by atoms with Crippen LogP contribution in [0.15, 0.2) is 36.4 Å². The van der Waals surface area contributed by atoms with Crippen LogP contribution in [0.5, 0.6) is 5.75 Å². The molecule has 0 atom stereocenters. The fourth-order valence-corrected chi connectivity index (χ4v) is 3.08. The predicted molar refractivity (Wildman–Crippen MR) is 111 cm³/mol. The molecule has 1 fully saturated rings. The smallest absolute Gasteiger partial charge is 0.410 e. The van der Waals surface area contributed by atoms with Crippen LogP contribution in [0.2, 0.25) is 0 Å². The summed E-state index contributed by atoms with van der Waals surface area (Å²) < 4.78 is 16.7. The number of nitrogens with zero attached hydrogens (tertiary/aromatic N) is 1. The Bertz CT molecular complexity index is 808. The molecule has 0 aliphatic heterocycles. The van der Waals surface area contributed by atoms with Gasteiger partial charge in [0.25, 0.3) is 0 Å². The minimum atomic E-state index is -0.336. The molecular weight excluding hydrogens is 354 g/mol. The molecule has 5 heteroatoms. The third-order valence-electron chi connectivity index (χ3n) is 4.80. The Hall–Kier alpha value is -2.27. The van der Waals surface area contributed by atoms with Crippen molar-refractivity contribution in [2.75, 3.05) is 20.3 Å². The summed E-state index contributed by atoms with van der Waals surface area (Å²) >= 11 is 0. The predicted octanol–water partition coefficient (Wildman–Crippen LogP) is 5.15. The molecule has 152 valence electrons. The van der Waals surface area contributed by atoms with E-state index in [-0.39, 0.29) is 17.7 Å². The minimum absolute atomic E-state index is 0.0913. The van der Waals surface area contributed by atoms with Crippen molar-refractivity contribution in [1.82, 2.24) is 4.90 Å². The van der Waals surface area contributed by atoms with E-state index < -0.39 is 0 Å².